The largest absolute Gasteiger partial charge is 0.412 e. The fourth-order valence-corrected chi connectivity index (χ4v) is 1.97. The first-order valence-corrected chi connectivity index (χ1v) is 7.81. The summed E-state index contributed by atoms with van der Waals surface area (Å²) in [5, 5.41) is 5.13. The van der Waals surface area contributed by atoms with E-state index in [1.54, 1.807) is 24.3 Å². The van der Waals surface area contributed by atoms with Gasteiger partial charge in [-0.3, -0.25) is 4.79 Å². The molecule has 132 valence electrons. The lowest BCUT2D eigenvalue weighted by Crippen LogP contribution is -2.30. The van der Waals surface area contributed by atoms with Gasteiger partial charge in [-0.2, -0.15) is 0 Å². The van der Waals surface area contributed by atoms with Crippen LogP contribution in [0, 0.1) is 5.92 Å². The van der Waals surface area contributed by atoms with Crippen molar-refractivity contribution in [1.82, 2.24) is 20.6 Å². The quantitative estimate of drug-likeness (QED) is 0.762. The minimum Gasteiger partial charge on any atom is -0.410 e. The van der Waals surface area contributed by atoms with Gasteiger partial charge in [0.1, 0.15) is 5.75 Å². The summed E-state index contributed by atoms with van der Waals surface area (Å²) in [4.78, 5) is 31.8. The molecule has 8 nitrogen and oxygen atoms in total. The lowest BCUT2D eigenvalue weighted by atomic mass is 10.1. The topological polar surface area (TPSA) is 119 Å². The number of nitrogens with two attached hydrogens (primary N) is 1. The van der Waals surface area contributed by atoms with Crippen LogP contribution < -0.4 is 21.1 Å². The molecule has 0 fully saturated rings. The highest BCUT2D eigenvalue weighted by Crippen LogP contribution is 2.23. The van der Waals surface area contributed by atoms with Gasteiger partial charge < -0.3 is 21.1 Å². The fraction of sp³-hybridized carbons (Fsp3) is 0.294. The lowest BCUT2D eigenvalue weighted by Gasteiger charge is -2.10. The number of carbonyl (C=O) groups is 2. The van der Waals surface area contributed by atoms with Gasteiger partial charge in [0, 0.05) is 19.2 Å². The summed E-state index contributed by atoms with van der Waals surface area (Å²) < 4.78 is 5.25. The summed E-state index contributed by atoms with van der Waals surface area (Å²) in [6, 6.07) is 6.79. The number of aromatic nitrogens is 2. The molecule has 8 heteroatoms. The Morgan fingerprint density at radius 1 is 1.32 bits per heavy atom. The van der Waals surface area contributed by atoms with Gasteiger partial charge in [-0.1, -0.05) is 26.0 Å². The van der Waals surface area contributed by atoms with Crippen LogP contribution in [0.15, 0.2) is 30.5 Å². The van der Waals surface area contributed by atoms with E-state index in [4.69, 9.17) is 10.5 Å². The number of nitrogens with one attached hydrogen (secondary N) is 2. The van der Waals surface area contributed by atoms with Crippen molar-refractivity contribution in [2.75, 3.05) is 19.3 Å². The van der Waals surface area contributed by atoms with Gasteiger partial charge in [0.25, 0.3) is 5.91 Å². The minimum atomic E-state index is -0.528. The molecule has 0 spiro atoms. The number of carbonyl (C=O) groups excluding carboxylic acids is 2. The number of nitrogens with zero attached hydrogens (tertiary/aromatic N) is 2. The van der Waals surface area contributed by atoms with Crippen molar-refractivity contribution >= 4 is 17.8 Å². The summed E-state index contributed by atoms with van der Waals surface area (Å²) in [6.45, 7) is 4.51. The molecule has 0 aliphatic rings. The predicted octanol–water partition coefficient (Wildman–Crippen LogP) is 1.83. The molecule has 0 saturated heterocycles. The van der Waals surface area contributed by atoms with Crippen LogP contribution in [-0.4, -0.2) is 35.6 Å². The number of nitrogen functional groups attached to an aromatic ring is 1. The average Bonchev–Trinajstić information content (AvgIpc) is 2.60. The Kier molecular flexibility index (Phi) is 5.89. The van der Waals surface area contributed by atoms with Crippen LogP contribution in [0.4, 0.5) is 10.6 Å². The summed E-state index contributed by atoms with van der Waals surface area (Å²) >= 11 is 0. The Morgan fingerprint density at radius 3 is 2.76 bits per heavy atom. The third-order valence-corrected chi connectivity index (χ3v) is 3.24. The molecule has 25 heavy (non-hydrogen) atoms. The Bertz CT molecular complexity index is 777. The highest BCUT2D eigenvalue weighted by molar-refractivity contribution is 5.96. The monoisotopic (exact) mass is 343 g/mol. The summed E-state index contributed by atoms with van der Waals surface area (Å²) in [5.74, 6) is 0.307. The van der Waals surface area contributed by atoms with Gasteiger partial charge >= 0.3 is 6.09 Å². The number of rotatable bonds is 5. The van der Waals surface area contributed by atoms with Crippen molar-refractivity contribution in [3.8, 4) is 17.0 Å². The molecule has 2 rings (SSSR count). The molecule has 0 aliphatic carbocycles. The molecule has 2 aromatic rings. The van der Waals surface area contributed by atoms with Crippen LogP contribution in [0.5, 0.6) is 5.75 Å². The van der Waals surface area contributed by atoms with E-state index in [1.165, 1.54) is 13.2 Å². The summed E-state index contributed by atoms with van der Waals surface area (Å²) in [5.41, 5.74) is 6.82. The molecule has 0 saturated carbocycles. The van der Waals surface area contributed by atoms with Gasteiger partial charge in [0.15, 0.2) is 11.5 Å². The number of ether oxygens (including phenoxy) is 1. The Hall–Kier alpha value is -3.16. The highest BCUT2D eigenvalue weighted by atomic mass is 16.6. The fourth-order valence-electron chi connectivity index (χ4n) is 1.97. The second-order valence-corrected chi connectivity index (χ2v) is 5.76. The van der Waals surface area contributed by atoms with Gasteiger partial charge in [0.2, 0.25) is 0 Å². The molecule has 0 unspecified atom stereocenters. The molecule has 1 aromatic heterocycles. The molecule has 4 N–H and O–H groups in total. The average molecular weight is 343 g/mol. The lowest BCUT2D eigenvalue weighted by molar-refractivity contribution is 0.0959. The number of anilines is 1. The van der Waals surface area contributed by atoms with Gasteiger partial charge in [-0.25, -0.2) is 14.8 Å². The number of amides is 2. The summed E-state index contributed by atoms with van der Waals surface area (Å²) in [6.07, 6.45) is 0.931. The smallest absolute Gasteiger partial charge is 0.410 e. The zero-order chi connectivity index (χ0) is 18.4. The molecule has 0 aliphatic heterocycles. The third-order valence-electron chi connectivity index (χ3n) is 3.24. The van der Waals surface area contributed by atoms with Gasteiger partial charge in [0.05, 0.1) is 11.9 Å². The van der Waals surface area contributed by atoms with E-state index in [1.807, 2.05) is 13.8 Å². The van der Waals surface area contributed by atoms with Crippen LogP contribution in [0.3, 0.4) is 0 Å². The van der Waals surface area contributed by atoms with Crippen LogP contribution in [0.2, 0.25) is 0 Å². The maximum atomic E-state index is 11.8. The van der Waals surface area contributed by atoms with Crippen LogP contribution in [0.25, 0.3) is 11.3 Å². The maximum Gasteiger partial charge on any atom is 0.412 e. The maximum absolute atomic E-state index is 11.8. The zero-order valence-electron chi connectivity index (χ0n) is 14.4. The highest BCUT2D eigenvalue weighted by Gasteiger charge is 2.14. The summed E-state index contributed by atoms with van der Waals surface area (Å²) in [7, 11) is 1.49. The van der Waals surface area contributed by atoms with Crippen molar-refractivity contribution in [2.45, 2.75) is 13.8 Å². The Balaban J connectivity index is 2.21. The van der Waals surface area contributed by atoms with Crippen molar-refractivity contribution < 1.29 is 14.3 Å². The van der Waals surface area contributed by atoms with E-state index >= 15 is 0 Å². The zero-order valence-corrected chi connectivity index (χ0v) is 14.4. The normalized spacial score (nSPS) is 10.4. The molecule has 0 radical (unpaired) electrons. The first-order chi connectivity index (χ1) is 11.9. The van der Waals surface area contributed by atoms with E-state index in [0.717, 1.165) is 0 Å². The minimum absolute atomic E-state index is 0.0426. The van der Waals surface area contributed by atoms with Crippen LogP contribution in [-0.2, 0) is 0 Å². The number of hydrogen-bond acceptors (Lipinski definition) is 6. The first-order valence-electron chi connectivity index (χ1n) is 7.81. The number of benzene rings is 1. The molecular weight excluding hydrogens is 322 g/mol. The molecule has 1 aromatic carbocycles. The van der Waals surface area contributed by atoms with E-state index in [-0.39, 0.29) is 11.5 Å². The number of hydrogen-bond donors (Lipinski definition) is 3. The molecular formula is C17H21N5O3. The second-order valence-electron chi connectivity index (χ2n) is 5.76. The van der Waals surface area contributed by atoms with Gasteiger partial charge in [-0.15, -0.1) is 0 Å². The predicted molar refractivity (Wildman–Crippen MR) is 94.1 cm³/mol. The van der Waals surface area contributed by atoms with Crippen LogP contribution in [0.1, 0.15) is 24.3 Å². The van der Waals surface area contributed by atoms with E-state index in [2.05, 4.69) is 20.6 Å². The first kappa shape index (κ1) is 18.2. The van der Waals surface area contributed by atoms with E-state index in [0.29, 0.717) is 29.5 Å². The third kappa shape index (κ3) is 4.90. The Morgan fingerprint density at radius 2 is 2.08 bits per heavy atom. The van der Waals surface area contributed by atoms with Crippen molar-refractivity contribution in [3.05, 3.63) is 36.2 Å². The SMILES string of the molecule is CNC(=O)c1nc(-c2cccc(OC(=O)NCC(C)C)c2)cnc1N. The second kappa shape index (κ2) is 8.09. The van der Waals surface area contributed by atoms with Crippen molar-refractivity contribution in [1.29, 1.82) is 0 Å². The molecule has 0 bridgehead atoms. The van der Waals surface area contributed by atoms with Crippen molar-refractivity contribution in [2.24, 2.45) is 5.92 Å². The van der Waals surface area contributed by atoms with E-state index in [9.17, 15) is 9.59 Å². The Labute approximate surface area is 145 Å². The van der Waals surface area contributed by atoms with Crippen molar-refractivity contribution in [3.63, 3.8) is 0 Å². The standard InChI is InChI=1S/C17H21N5O3/c1-10(2)8-21-17(24)25-12-6-4-5-11(7-12)13-9-20-15(18)14(22-13)16(23)19-3/h4-7,9-10H,8H2,1-3H3,(H2,18,20)(H,19,23)(H,21,24). The molecule has 0 atom stereocenters. The molecule has 1 heterocycles. The van der Waals surface area contributed by atoms with Crippen LogP contribution >= 0.6 is 0 Å². The van der Waals surface area contributed by atoms with Gasteiger partial charge in [-0.05, 0) is 18.1 Å². The van der Waals surface area contributed by atoms with E-state index < -0.39 is 12.0 Å². The molecule has 2 amide bonds.